The summed E-state index contributed by atoms with van der Waals surface area (Å²) in [7, 11) is 0.404. The van der Waals surface area contributed by atoms with E-state index < -0.39 is 10.0 Å². The maximum atomic E-state index is 12.4. The molecule has 1 aromatic carbocycles. The number of likely N-dealkylation sites (N-methyl/N-ethyl adjacent to an activating group) is 1. The average molecular weight is 370 g/mol. The molecule has 7 heteroatoms. The molecular weight excluding hydrogens is 338 g/mol. The molecule has 0 radical (unpaired) electrons. The van der Waals surface area contributed by atoms with Gasteiger partial charge in [-0.1, -0.05) is 32.0 Å². The van der Waals surface area contributed by atoms with Crippen molar-refractivity contribution in [1.29, 1.82) is 0 Å². The summed E-state index contributed by atoms with van der Waals surface area (Å²) in [5.74, 6) is -0.137. The highest BCUT2D eigenvalue weighted by molar-refractivity contribution is 7.92. The van der Waals surface area contributed by atoms with Crippen LogP contribution in [0.4, 0.5) is 5.69 Å². The third-order valence-corrected chi connectivity index (χ3v) is 5.20. The van der Waals surface area contributed by atoms with E-state index in [1.165, 1.54) is 10.6 Å². The highest BCUT2D eigenvalue weighted by atomic mass is 32.2. The van der Waals surface area contributed by atoms with Crippen molar-refractivity contribution in [3.63, 3.8) is 0 Å². The van der Waals surface area contributed by atoms with Crippen LogP contribution >= 0.6 is 0 Å². The first kappa shape index (κ1) is 21.4. The summed E-state index contributed by atoms with van der Waals surface area (Å²) < 4.78 is 26.1. The van der Waals surface area contributed by atoms with Gasteiger partial charge in [0.2, 0.25) is 15.9 Å². The maximum absolute atomic E-state index is 12.4. The second-order valence-electron chi connectivity index (χ2n) is 6.37. The van der Waals surface area contributed by atoms with E-state index in [4.69, 9.17) is 0 Å². The molecule has 0 saturated heterocycles. The molecule has 0 bridgehead atoms. The third-order valence-electron chi connectivity index (χ3n) is 4.04. The SMILES string of the molecule is CCc1cccc(CC)c1N(CCC(=O)NCCN(C)C)S(C)(=O)=O. The molecule has 0 fully saturated rings. The zero-order valence-corrected chi connectivity index (χ0v) is 16.8. The van der Waals surface area contributed by atoms with Crippen molar-refractivity contribution in [2.75, 3.05) is 44.3 Å². The lowest BCUT2D eigenvalue weighted by Gasteiger charge is -2.27. The predicted octanol–water partition coefficient (Wildman–Crippen LogP) is 1.65. The molecular formula is C18H31N3O3S. The van der Waals surface area contributed by atoms with Gasteiger partial charge in [-0.25, -0.2) is 8.42 Å². The molecule has 0 saturated carbocycles. The van der Waals surface area contributed by atoms with Gasteiger partial charge in [0.1, 0.15) is 0 Å². The second-order valence-corrected chi connectivity index (χ2v) is 8.28. The number of nitrogens with zero attached hydrogens (tertiary/aromatic N) is 2. The summed E-state index contributed by atoms with van der Waals surface area (Å²) in [6.45, 7) is 5.46. The minimum Gasteiger partial charge on any atom is -0.355 e. The largest absolute Gasteiger partial charge is 0.355 e. The van der Waals surface area contributed by atoms with E-state index in [9.17, 15) is 13.2 Å². The second kappa shape index (κ2) is 9.77. The van der Waals surface area contributed by atoms with Crippen molar-refractivity contribution in [2.45, 2.75) is 33.1 Å². The van der Waals surface area contributed by atoms with Gasteiger partial charge in [-0.15, -0.1) is 0 Å². The van der Waals surface area contributed by atoms with Crippen molar-refractivity contribution in [3.05, 3.63) is 29.3 Å². The number of hydrogen-bond acceptors (Lipinski definition) is 4. The van der Waals surface area contributed by atoms with Gasteiger partial charge in [0, 0.05) is 26.1 Å². The summed E-state index contributed by atoms with van der Waals surface area (Å²) in [6, 6.07) is 5.85. The minimum atomic E-state index is -3.47. The van der Waals surface area contributed by atoms with Crippen LogP contribution in [0.25, 0.3) is 0 Å². The Morgan fingerprint density at radius 2 is 1.64 bits per heavy atom. The Morgan fingerprint density at radius 3 is 2.08 bits per heavy atom. The lowest BCUT2D eigenvalue weighted by atomic mass is 10.0. The van der Waals surface area contributed by atoms with E-state index in [-0.39, 0.29) is 18.9 Å². The fourth-order valence-electron chi connectivity index (χ4n) is 2.69. The Labute approximate surface area is 152 Å². The fourth-order valence-corrected chi connectivity index (χ4v) is 3.68. The molecule has 1 N–H and O–H groups in total. The number of rotatable bonds is 10. The molecule has 0 heterocycles. The Hall–Kier alpha value is -1.60. The van der Waals surface area contributed by atoms with Crippen LogP contribution in [-0.2, 0) is 27.7 Å². The lowest BCUT2D eigenvalue weighted by Crippen LogP contribution is -2.37. The summed E-state index contributed by atoms with van der Waals surface area (Å²) in [4.78, 5) is 14.0. The molecule has 1 rings (SSSR count). The zero-order valence-electron chi connectivity index (χ0n) is 16.0. The average Bonchev–Trinajstić information content (AvgIpc) is 2.53. The van der Waals surface area contributed by atoms with E-state index in [0.717, 1.165) is 36.2 Å². The topological polar surface area (TPSA) is 69.7 Å². The van der Waals surface area contributed by atoms with Gasteiger partial charge in [-0.3, -0.25) is 9.10 Å². The molecule has 0 atom stereocenters. The summed E-state index contributed by atoms with van der Waals surface area (Å²) in [5, 5.41) is 2.83. The maximum Gasteiger partial charge on any atom is 0.232 e. The highest BCUT2D eigenvalue weighted by Crippen LogP contribution is 2.29. The number of anilines is 1. The molecule has 0 aliphatic rings. The number of carbonyl (C=O) groups is 1. The van der Waals surface area contributed by atoms with Gasteiger partial charge in [-0.2, -0.15) is 0 Å². The van der Waals surface area contributed by atoms with E-state index in [2.05, 4.69) is 5.32 Å². The van der Waals surface area contributed by atoms with Gasteiger partial charge in [0.05, 0.1) is 11.9 Å². The van der Waals surface area contributed by atoms with Crippen LogP contribution in [0.5, 0.6) is 0 Å². The monoisotopic (exact) mass is 369 g/mol. The van der Waals surface area contributed by atoms with E-state index in [0.29, 0.717) is 6.54 Å². The normalized spacial score (nSPS) is 11.6. The number of amides is 1. The summed E-state index contributed by atoms with van der Waals surface area (Å²) in [6.07, 6.45) is 2.82. The third kappa shape index (κ3) is 6.66. The molecule has 6 nitrogen and oxygen atoms in total. The van der Waals surface area contributed by atoms with Crippen LogP contribution in [0.2, 0.25) is 0 Å². The number of carbonyl (C=O) groups excluding carboxylic acids is 1. The standard InChI is InChI=1S/C18H31N3O3S/c1-6-15-9-8-10-16(7-2)18(15)21(25(5,23)24)13-11-17(22)19-12-14-20(3)4/h8-10H,6-7,11-14H2,1-5H3,(H,19,22). The Kier molecular flexibility index (Phi) is 8.38. The lowest BCUT2D eigenvalue weighted by molar-refractivity contribution is -0.120. The van der Waals surface area contributed by atoms with Crippen molar-refractivity contribution in [3.8, 4) is 0 Å². The van der Waals surface area contributed by atoms with Gasteiger partial charge in [0.15, 0.2) is 0 Å². The number of nitrogens with one attached hydrogen (secondary N) is 1. The van der Waals surface area contributed by atoms with Crippen molar-refractivity contribution in [2.24, 2.45) is 0 Å². The predicted molar refractivity (Wildman–Crippen MR) is 104 cm³/mol. The number of aryl methyl sites for hydroxylation is 2. The van der Waals surface area contributed by atoms with E-state index in [1.807, 2.05) is 51.0 Å². The summed E-state index contributed by atoms with van der Waals surface area (Å²) >= 11 is 0. The number of benzene rings is 1. The first-order chi connectivity index (χ1) is 11.7. The van der Waals surface area contributed by atoms with Crippen molar-refractivity contribution < 1.29 is 13.2 Å². The Bertz CT molecular complexity index is 650. The van der Waals surface area contributed by atoms with Crippen LogP contribution in [-0.4, -0.2) is 59.2 Å². The van der Waals surface area contributed by atoms with Gasteiger partial charge >= 0.3 is 0 Å². The van der Waals surface area contributed by atoms with Crippen LogP contribution in [0.1, 0.15) is 31.4 Å². The Morgan fingerprint density at radius 1 is 1.08 bits per heavy atom. The molecule has 25 heavy (non-hydrogen) atoms. The minimum absolute atomic E-state index is 0.137. The van der Waals surface area contributed by atoms with E-state index >= 15 is 0 Å². The smallest absolute Gasteiger partial charge is 0.232 e. The molecule has 0 spiro atoms. The van der Waals surface area contributed by atoms with Crippen LogP contribution < -0.4 is 9.62 Å². The summed E-state index contributed by atoms with van der Waals surface area (Å²) in [5.41, 5.74) is 2.70. The zero-order chi connectivity index (χ0) is 19.0. The van der Waals surface area contributed by atoms with Gasteiger partial charge in [-0.05, 0) is 38.1 Å². The number of sulfonamides is 1. The molecule has 1 aromatic rings. The van der Waals surface area contributed by atoms with Crippen LogP contribution in [0, 0.1) is 0 Å². The Balaban J connectivity index is 2.96. The van der Waals surface area contributed by atoms with Gasteiger partial charge < -0.3 is 10.2 Å². The first-order valence-electron chi connectivity index (χ1n) is 8.70. The molecule has 1 amide bonds. The van der Waals surface area contributed by atoms with Crippen LogP contribution in [0.15, 0.2) is 18.2 Å². The molecule has 0 unspecified atom stereocenters. The molecule has 0 aliphatic carbocycles. The fraction of sp³-hybridized carbons (Fsp3) is 0.611. The van der Waals surface area contributed by atoms with Crippen LogP contribution in [0.3, 0.4) is 0 Å². The van der Waals surface area contributed by atoms with E-state index in [1.54, 1.807) is 0 Å². The molecule has 0 aliphatic heterocycles. The number of para-hydroxylation sites is 1. The first-order valence-corrected chi connectivity index (χ1v) is 10.5. The molecule has 0 aromatic heterocycles. The molecule has 142 valence electrons. The quantitative estimate of drug-likeness (QED) is 0.681. The van der Waals surface area contributed by atoms with Crippen molar-refractivity contribution >= 4 is 21.6 Å². The number of hydrogen-bond donors (Lipinski definition) is 1. The van der Waals surface area contributed by atoms with Crippen molar-refractivity contribution in [1.82, 2.24) is 10.2 Å². The highest BCUT2D eigenvalue weighted by Gasteiger charge is 2.23. The van der Waals surface area contributed by atoms with Gasteiger partial charge in [0.25, 0.3) is 0 Å².